The Morgan fingerprint density at radius 1 is 1.30 bits per heavy atom. The summed E-state index contributed by atoms with van der Waals surface area (Å²) in [5.41, 5.74) is 0.0335. The molecule has 110 valence electrons. The molecule has 1 aromatic rings. The van der Waals surface area contributed by atoms with Crippen LogP contribution in [0.3, 0.4) is 0 Å². The van der Waals surface area contributed by atoms with Crippen molar-refractivity contribution in [3.8, 4) is 0 Å². The fourth-order valence-corrected chi connectivity index (χ4v) is 3.13. The van der Waals surface area contributed by atoms with Crippen molar-refractivity contribution in [2.24, 2.45) is 0 Å². The van der Waals surface area contributed by atoms with Crippen molar-refractivity contribution in [2.45, 2.75) is 18.7 Å². The first-order valence-electron chi connectivity index (χ1n) is 6.09. The van der Waals surface area contributed by atoms with Crippen molar-refractivity contribution in [3.05, 3.63) is 28.2 Å². The molecule has 1 N–H and O–H groups in total. The molecule has 0 radical (unpaired) electrons. The molecule has 0 fully saturated rings. The summed E-state index contributed by atoms with van der Waals surface area (Å²) in [6.07, 6.45) is 0. The Labute approximate surface area is 128 Å². The van der Waals surface area contributed by atoms with Gasteiger partial charge in [0.15, 0.2) is 0 Å². The normalized spacial score (nSPS) is 11.9. The average molecular weight is 362 g/mol. The SMILES string of the molecule is CCN(CC)C(=O)CS(=O)c1ccc(Br)c(C(=O)O)c1. The van der Waals surface area contributed by atoms with Crippen LogP contribution >= 0.6 is 15.9 Å². The third-order valence-electron chi connectivity index (χ3n) is 2.80. The van der Waals surface area contributed by atoms with Crippen LogP contribution in [0.15, 0.2) is 27.6 Å². The molecule has 0 bridgehead atoms. The van der Waals surface area contributed by atoms with E-state index in [0.717, 1.165) is 0 Å². The highest BCUT2D eigenvalue weighted by molar-refractivity contribution is 9.10. The van der Waals surface area contributed by atoms with Crippen LogP contribution in [0.5, 0.6) is 0 Å². The number of halogens is 1. The first kappa shape index (κ1) is 16.8. The van der Waals surface area contributed by atoms with E-state index in [1.165, 1.54) is 12.1 Å². The van der Waals surface area contributed by atoms with Crippen LogP contribution in [0.25, 0.3) is 0 Å². The summed E-state index contributed by atoms with van der Waals surface area (Å²) < 4.78 is 12.6. The molecule has 0 heterocycles. The summed E-state index contributed by atoms with van der Waals surface area (Å²) in [7, 11) is -1.55. The lowest BCUT2D eigenvalue weighted by Gasteiger charge is -2.18. The van der Waals surface area contributed by atoms with Gasteiger partial charge in [0, 0.05) is 22.5 Å². The largest absolute Gasteiger partial charge is 0.478 e. The molecule has 1 atom stereocenters. The molecule has 0 spiro atoms. The van der Waals surface area contributed by atoms with E-state index in [1.54, 1.807) is 11.0 Å². The highest BCUT2D eigenvalue weighted by Gasteiger charge is 2.17. The second kappa shape index (κ2) is 7.54. The van der Waals surface area contributed by atoms with Gasteiger partial charge in [0.1, 0.15) is 5.75 Å². The monoisotopic (exact) mass is 361 g/mol. The van der Waals surface area contributed by atoms with Gasteiger partial charge in [0.25, 0.3) is 0 Å². The zero-order valence-corrected chi connectivity index (χ0v) is 13.7. The summed E-state index contributed by atoms with van der Waals surface area (Å²) >= 11 is 3.12. The van der Waals surface area contributed by atoms with Crippen LogP contribution in [0.1, 0.15) is 24.2 Å². The quantitative estimate of drug-likeness (QED) is 0.841. The van der Waals surface area contributed by atoms with Crippen molar-refractivity contribution in [1.29, 1.82) is 0 Å². The summed E-state index contributed by atoms with van der Waals surface area (Å²) in [6, 6.07) is 4.42. The van der Waals surface area contributed by atoms with Crippen molar-refractivity contribution >= 4 is 38.6 Å². The number of hydrogen-bond acceptors (Lipinski definition) is 3. The van der Waals surface area contributed by atoms with Gasteiger partial charge in [-0.15, -0.1) is 0 Å². The van der Waals surface area contributed by atoms with E-state index in [2.05, 4.69) is 15.9 Å². The van der Waals surface area contributed by atoms with Gasteiger partial charge < -0.3 is 10.0 Å². The van der Waals surface area contributed by atoms with Crippen LogP contribution < -0.4 is 0 Å². The molecule has 7 heteroatoms. The van der Waals surface area contributed by atoms with Gasteiger partial charge in [-0.25, -0.2) is 4.79 Å². The molecule has 0 aliphatic carbocycles. The predicted molar refractivity (Wildman–Crippen MR) is 80.3 cm³/mol. The number of hydrogen-bond donors (Lipinski definition) is 1. The van der Waals surface area contributed by atoms with E-state index in [1.807, 2.05) is 13.8 Å². The molecule has 20 heavy (non-hydrogen) atoms. The van der Waals surface area contributed by atoms with Gasteiger partial charge in [-0.2, -0.15) is 0 Å². The Morgan fingerprint density at radius 2 is 1.90 bits per heavy atom. The Kier molecular flexibility index (Phi) is 6.35. The highest BCUT2D eigenvalue weighted by Crippen LogP contribution is 2.20. The molecule has 1 rings (SSSR count). The molecule has 1 amide bonds. The van der Waals surface area contributed by atoms with Crippen LogP contribution in [0, 0.1) is 0 Å². The number of carboxylic acid groups (broad SMARTS) is 1. The van der Waals surface area contributed by atoms with E-state index in [9.17, 15) is 13.8 Å². The number of benzene rings is 1. The minimum atomic E-state index is -1.55. The second-order valence-corrected chi connectivity index (χ2v) is 6.31. The molecule has 5 nitrogen and oxygen atoms in total. The fourth-order valence-electron chi connectivity index (χ4n) is 1.67. The molecule has 0 saturated carbocycles. The lowest BCUT2D eigenvalue weighted by atomic mass is 10.2. The van der Waals surface area contributed by atoms with Crippen molar-refractivity contribution < 1.29 is 18.9 Å². The number of aromatic carboxylic acids is 1. The molecule has 1 aromatic carbocycles. The zero-order chi connectivity index (χ0) is 15.3. The van der Waals surface area contributed by atoms with E-state index in [4.69, 9.17) is 5.11 Å². The lowest BCUT2D eigenvalue weighted by molar-refractivity contribution is -0.128. The summed E-state index contributed by atoms with van der Waals surface area (Å²) in [5, 5.41) is 9.01. The van der Waals surface area contributed by atoms with E-state index in [0.29, 0.717) is 22.5 Å². The summed E-state index contributed by atoms with van der Waals surface area (Å²) in [6.45, 7) is 4.83. The number of rotatable bonds is 6. The van der Waals surface area contributed by atoms with Gasteiger partial charge in [-0.1, -0.05) is 0 Å². The van der Waals surface area contributed by atoms with Crippen molar-refractivity contribution in [3.63, 3.8) is 0 Å². The van der Waals surface area contributed by atoms with Gasteiger partial charge in [0.2, 0.25) is 5.91 Å². The maximum atomic E-state index is 12.1. The van der Waals surface area contributed by atoms with E-state index >= 15 is 0 Å². The van der Waals surface area contributed by atoms with Crippen molar-refractivity contribution in [2.75, 3.05) is 18.8 Å². The number of nitrogens with zero attached hydrogens (tertiary/aromatic N) is 1. The second-order valence-electron chi connectivity index (χ2n) is 4.00. The Morgan fingerprint density at radius 3 is 2.40 bits per heavy atom. The minimum absolute atomic E-state index is 0.0335. The Bertz CT molecular complexity index is 543. The zero-order valence-electron chi connectivity index (χ0n) is 11.3. The van der Waals surface area contributed by atoms with E-state index in [-0.39, 0.29) is 17.2 Å². The van der Waals surface area contributed by atoms with Gasteiger partial charge in [-0.3, -0.25) is 9.00 Å². The van der Waals surface area contributed by atoms with Crippen LogP contribution in [-0.4, -0.2) is 44.9 Å². The smallest absolute Gasteiger partial charge is 0.336 e. The standard InChI is InChI=1S/C13H16BrNO4S/c1-3-15(4-2)12(16)8-20(19)9-5-6-11(14)10(7-9)13(17)18/h5-7H,3-4,8H2,1-2H3,(H,17,18). The number of carboxylic acids is 1. The molecular formula is C13H16BrNO4S. The van der Waals surface area contributed by atoms with Crippen LogP contribution in [0.4, 0.5) is 0 Å². The maximum absolute atomic E-state index is 12.1. The predicted octanol–water partition coefficient (Wildman–Crippen LogP) is 2.12. The number of carbonyl (C=O) groups excluding carboxylic acids is 1. The molecule has 0 aliphatic heterocycles. The molecule has 1 unspecified atom stereocenters. The van der Waals surface area contributed by atoms with Gasteiger partial charge >= 0.3 is 5.97 Å². The third kappa shape index (κ3) is 4.14. The van der Waals surface area contributed by atoms with Gasteiger partial charge in [-0.05, 0) is 48.0 Å². The molecule has 0 aliphatic rings. The summed E-state index contributed by atoms with van der Waals surface area (Å²) in [4.78, 5) is 24.8. The Balaban J connectivity index is 2.91. The Hall–Kier alpha value is -1.21. The van der Waals surface area contributed by atoms with Crippen molar-refractivity contribution in [1.82, 2.24) is 4.90 Å². The fraction of sp³-hybridized carbons (Fsp3) is 0.385. The minimum Gasteiger partial charge on any atom is -0.478 e. The van der Waals surface area contributed by atoms with Gasteiger partial charge in [0.05, 0.1) is 16.4 Å². The first-order chi connectivity index (χ1) is 9.40. The topological polar surface area (TPSA) is 74.7 Å². The molecule has 0 aromatic heterocycles. The van der Waals surface area contributed by atoms with E-state index < -0.39 is 16.8 Å². The van der Waals surface area contributed by atoms with Crippen LogP contribution in [0.2, 0.25) is 0 Å². The number of amides is 1. The lowest BCUT2D eigenvalue weighted by Crippen LogP contribution is -2.34. The van der Waals surface area contributed by atoms with Crippen LogP contribution in [-0.2, 0) is 15.6 Å². The highest BCUT2D eigenvalue weighted by atomic mass is 79.9. The number of carbonyl (C=O) groups is 2. The first-order valence-corrected chi connectivity index (χ1v) is 8.20. The molecule has 0 saturated heterocycles. The molecular weight excluding hydrogens is 346 g/mol. The average Bonchev–Trinajstić information content (AvgIpc) is 2.40. The summed E-state index contributed by atoms with van der Waals surface area (Å²) in [5.74, 6) is -1.44. The third-order valence-corrected chi connectivity index (χ3v) is 4.78. The maximum Gasteiger partial charge on any atom is 0.336 e.